The Labute approximate surface area is 214 Å². The molecule has 1 N–H and O–H groups in total. The minimum atomic E-state index is -0.814. The highest BCUT2D eigenvalue weighted by Crippen LogP contribution is 2.47. The molecule has 5 heterocycles. The molecule has 8 nitrogen and oxygen atoms in total. The Morgan fingerprint density at radius 1 is 0.882 bits per heavy atom. The quantitative estimate of drug-likeness (QED) is 0.484. The van der Waals surface area contributed by atoms with Crippen LogP contribution in [0.2, 0.25) is 0 Å². The van der Waals surface area contributed by atoms with Crippen LogP contribution in [-0.4, -0.2) is 110 Å². The summed E-state index contributed by atoms with van der Waals surface area (Å²) >= 11 is 5.36. The van der Waals surface area contributed by atoms with Crippen molar-refractivity contribution in [2.45, 2.75) is 36.6 Å². The van der Waals surface area contributed by atoms with E-state index < -0.39 is 29.7 Å². The predicted octanol–water partition coefficient (Wildman–Crippen LogP) is 1.88. The van der Waals surface area contributed by atoms with Gasteiger partial charge in [-0.2, -0.15) is 35.3 Å². The number of hydrogen-bond donors (Lipinski definition) is 1. The van der Waals surface area contributed by atoms with Gasteiger partial charge in [-0.15, -0.1) is 0 Å². The number of Topliss-reactive ketones (excluding diaryl/α,β-unsaturated/α-hetero) is 1. The third kappa shape index (κ3) is 4.96. The van der Waals surface area contributed by atoms with Gasteiger partial charge in [0.1, 0.15) is 12.6 Å². The number of thioether (sulfide) groups is 3. The molecular formula is C23H36O8S3. The molecule has 5 aliphatic heterocycles. The van der Waals surface area contributed by atoms with Crippen LogP contribution in [-0.2, 0) is 33.2 Å². The molecule has 5 saturated heterocycles. The number of rotatable bonds is 7. The van der Waals surface area contributed by atoms with Gasteiger partial charge in [0.25, 0.3) is 0 Å². The van der Waals surface area contributed by atoms with Gasteiger partial charge in [0, 0.05) is 54.8 Å². The Bertz CT molecular complexity index is 700. The van der Waals surface area contributed by atoms with Gasteiger partial charge >= 0.3 is 0 Å². The van der Waals surface area contributed by atoms with Crippen LogP contribution in [0, 0.1) is 23.7 Å². The van der Waals surface area contributed by atoms with Crippen LogP contribution in [0.25, 0.3) is 0 Å². The lowest BCUT2D eigenvalue weighted by Crippen LogP contribution is -2.58. The maximum Gasteiger partial charge on any atom is 0.175 e. The standard InChI is InChI=1S/C23H36O8S3/c1-26-14-27-21(18-13-33-9-3-23(18)30-6-7-31-23)16-11-34-10-15(19(16)24)20(25)17-12-32-8-2-22(17)28-4-5-29-22/h15-18,20-21,25H,2-14H2,1H3/t15-,16-,17+,18-,20-,21+/m0/s1. The molecule has 0 aromatic heterocycles. The van der Waals surface area contributed by atoms with E-state index in [9.17, 15) is 9.90 Å². The van der Waals surface area contributed by atoms with E-state index >= 15 is 0 Å². The van der Waals surface area contributed by atoms with Crippen molar-refractivity contribution < 1.29 is 38.3 Å². The van der Waals surface area contributed by atoms with E-state index in [2.05, 4.69) is 0 Å². The van der Waals surface area contributed by atoms with Crippen LogP contribution in [0.1, 0.15) is 12.8 Å². The average Bonchev–Trinajstić information content (AvgIpc) is 3.52. The van der Waals surface area contributed by atoms with Crippen molar-refractivity contribution in [1.82, 2.24) is 0 Å². The first-order valence-corrected chi connectivity index (χ1v) is 15.7. The second-order valence-corrected chi connectivity index (χ2v) is 12.9. The molecule has 5 fully saturated rings. The number of hydrogen-bond acceptors (Lipinski definition) is 11. The van der Waals surface area contributed by atoms with E-state index in [4.69, 9.17) is 28.4 Å². The van der Waals surface area contributed by atoms with Gasteiger partial charge in [-0.05, 0) is 11.5 Å². The lowest BCUT2D eigenvalue weighted by Gasteiger charge is -2.47. The molecule has 5 rings (SSSR count). The summed E-state index contributed by atoms with van der Waals surface area (Å²) in [6, 6.07) is 0. The predicted molar refractivity (Wildman–Crippen MR) is 132 cm³/mol. The fraction of sp³-hybridized carbons (Fsp3) is 0.957. The van der Waals surface area contributed by atoms with Crippen LogP contribution in [0.5, 0.6) is 0 Å². The lowest BCUT2D eigenvalue weighted by molar-refractivity contribution is -0.235. The first-order valence-electron chi connectivity index (χ1n) is 12.2. The third-order valence-corrected chi connectivity index (χ3v) is 11.2. The fourth-order valence-electron chi connectivity index (χ4n) is 6.06. The van der Waals surface area contributed by atoms with E-state index in [1.165, 1.54) is 0 Å². The number of aliphatic hydroxyl groups excluding tert-OH is 1. The lowest BCUT2D eigenvalue weighted by atomic mass is 9.76. The molecule has 0 aromatic rings. The largest absolute Gasteiger partial charge is 0.392 e. The van der Waals surface area contributed by atoms with Crippen molar-refractivity contribution >= 4 is 41.1 Å². The minimum Gasteiger partial charge on any atom is -0.392 e. The van der Waals surface area contributed by atoms with Gasteiger partial charge in [-0.3, -0.25) is 4.79 Å². The Hall–Kier alpha value is 0.440. The molecule has 0 aliphatic carbocycles. The normalized spacial score (nSPS) is 37.3. The maximum absolute atomic E-state index is 14.0. The summed E-state index contributed by atoms with van der Waals surface area (Å²) in [6.07, 6.45) is 0.318. The van der Waals surface area contributed by atoms with Crippen molar-refractivity contribution in [2.24, 2.45) is 23.7 Å². The number of ketones is 1. The van der Waals surface area contributed by atoms with E-state index in [1.807, 2.05) is 11.8 Å². The highest BCUT2D eigenvalue weighted by molar-refractivity contribution is 7.99. The Morgan fingerprint density at radius 3 is 2.06 bits per heavy atom. The molecule has 5 aliphatic rings. The zero-order valence-electron chi connectivity index (χ0n) is 19.7. The fourth-order valence-corrected chi connectivity index (χ4v) is 10.0. The molecule has 0 unspecified atom stereocenters. The van der Waals surface area contributed by atoms with Crippen molar-refractivity contribution in [1.29, 1.82) is 0 Å². The molecule has 0 radical (unpaired) electrons. The van der Waals surface area contributed by atoms with Gasteiger partial charge in [0.15, 0.2) is 11.6 Å². The maximum atomic E-state index is 14.0. The van der Waals surface area contributed by atoms with Gasteiger partial charge in [0.05, 0.1) is 50.5 Å². The number of carbonyl (C=O) groups is 1. The molecule has 0 aromatic carbocycles. The minimum absolute atomic E-state index is 0.0693. The smallest absolute Gasteiger partial charge is 0.175 e. The van der Waals surface area contributed by atoms with Gasteiger partial charge < -0.3 is 33.5 Å². The van der Waals surface area contributed by atoms with Gasteiger partial charge in [0.2, 0.25) is 0 Å². The summed E-state index contributed by atoms with van der Waals surface area (Å²) < 4.78 is 35.9. The molecule has 6 atom stereocenters. The van der Waals surface area contributed by atoms with Crippen LogP contribution in [0.4, 0.5) is 0 Å². The van der Waals surface area contributed by atoms with Crippen molar-refractivity contribution in [2.75, 3.05) is 74.8 Å². The topological polar surface area (TPSA) is 92.7 Å². The van der Waals surface area contributed by atoms with Gasteiger partial charge in [-0.1, -0.05) is 0 Å². The molecule has 11 heteroatoms. The van der Waals surface area contributed by atoms with E-state index in [0.29, 0.717) is 37.9 Å². The Balaban J connectivity index is 1.37. The Morgan fingerprint density at radius 2 is 1.44 bits per heavy atom. The van der Waals surface area contributed by atoms with Crippen LogP contribution in [0.3, 0.4) is 0 Å². The average molecular weight is 537 g/mol. The third-order valence-electron chi connectivity index (χ3n) is 7.79. The van der Waals surface area contributed by atoms with Crippen LogP contribution in [0.15, 0.2) is 0 Å². The van der Waals surface area contributed by atoms with Crippen molar-refractivity contribution in [3.8, 4) is 0 Å². The molecule has 194 valence electrons. The molecule has 0 bridgehead atoms. The number of aliphatic hydroxyl groups is 1. The number of methoxy groups -OCH3 is 1. The summed E-state index contributed by atoms with van der Waals surface area (Å²) in [4.78, 5) is 14.0. The first kappa shape index (κ1) is 26.1. The van der Waals surface area contributed by atoms with Crippen LogP contribution < -0.4 is 0 Å². The van der Waals surface area contributed by atoms with Crippen LogP contribution >= 0.6 is 35.3 Å². The molecule has 34 heavy (non-hydrogen) atoms. The Kier molecular flexibility index (Phi) is 8.78. The molecular weight excluding hydrogens is 500 g/mol. The first-order chi connectivity index (χ1) is 16.6. The highest BCUT2D eigenvalue weighted by atomic mass is 32.2. The van der Waals surface area contributed by atoms with Gasteiger partial charge in [-0.25, -0.2) is 0 Å². The van der Waals surface area contributed by atoms with E-state index in [-0.39, 0.29) is 30.3 Å². The summed E-state index contributed by atoms with van der Waals surface area (Å²) in [5, 5.41) is 11.6. The summed E-state index contributed by atoms with van der Waals surface area (Å²) in [5.74, 6) is 2.16. The summed E-state index contributed by atoms with van der Waals surface area (Å²) in [5.41, 5.74) is 0. The zero-order valence-corrected chi connectivity index (χ0v) is 22.1. The molecule has 0 saturated carbocycles. The summed E-state index contributed by atoms with van der Waals surface area (Å²) in [7, 11) is 1.59. The van der Waals surface area contributed by atoms with E-state index in [1.54, 1.807) is 30.6 Å². The number of carbonyl (C=O) groups excluding carboxylic acids is 1. The molecule has 0 amide bonds. The van der Waals surface area contributed by atoms with E-state index in [0.717, 1.165) is 35.9 Å². The van der Waals surface area contributed by atoms with Crippen molar-refractivity contribution in [3.05, 3.63) is 0 Å². The second kappa shape index (κ2) is 11.4. The second-order valence-electron chi connectivity index (χ2n) is 9.56. The molecule has 2 spiro atoms. The summed E-state index contributed by atoms with van der Waals surface area (Å²) in [6.45, 7) is 2.31. The number of ether oxygens (including phenoxy) is 6. The van der Waals surface area contributed by atoms with Crippen molar-refractivity contribution in [3.63, 3.8) is 0 Å². The zero-order chi connectivity index (χ0) is 23.6. The SMILES string of the molecule is COCO[C@H]([C@H]1CSC[C@H]([C@H](O)[C@H]2CSCCC23OCCO3)C1=O)[C@@H]1CSCCC12OCCO2. The monoisotopic (exact) mass is 536 g/mol. The highest BCUT2D eigenvalue weighted by Gasteiger charge is 2.56.